The molecule has 2 amide bonds. The maximum absolute atomic E-state index is 12.0. The average molecular weight is 338 g/mol. The first-order valence-electron chi connectivity index (χ1n) is 7.66. The Labute approximate surface area is 144 Å². The third-order valence-corrected chi connectivity index (χ3v) is 4.54. The van der Waals surface area contributed by atoms with Crippen molar-refractivity contribution in [1.29, 1.82) is 0 Å². The normalized spacial score (nSPS) is 11.7. The second-order valence-corrected chi connectivity index (χ2v) is 6.23. The molecule has 3 rings (SSSR count). The maximum atomic E-state index is 12.0. The van der Waals surface area contributed by atoms with Crippen molar-refractivity contribution in [2.75, 3.05) is 0 Å². The fourth-order valence-corrected chi connectivity index (χ4v) is 3.06. The van der Waals surface area contributed by atoms with Crippen molar-refractivity contribution < 1.29 is 4.79 Å². The topological polar surface area (TPSA) is 66.9 Å². The number of carbonyl (C=O) groups is 1. The van der Waals surface area contributed by atoms with E-state index in [-0.39, 0.29) is 12.1 Å². The number of pyridine rings is 1. The molecule has 0 radical (unpaired) electrons. The molecule has 24 heavy (non-hydrogen) atoms. The predicted molar refractivity (Wildman–Crippen MR) is 95.6 cm³/mol. The summed E-state index contributed by atoms with van der Waals surface area (Å²) in [5, 5.41) is 8.64. The van der Waals surface area contributed by atoms with Gasteiger partial charge in [-0.15, -0.1) is 11.3 Å². The molecule has 122 valence electrons. The van der Waals surface area contributed by atoms with E-state index in [4.69, 9.17) is 0 Å². The Morgan fingerprint density at radius 1 is 1.17 bits per heavy atom. The average Bonchev–Trinajstić information content (AvgIpc) is 3.12. The number of nitrogens with one attached hydrogen (secondary N) is 2. The van der Waals surface area contributed by atoms with Gasteiger partial charge in [-0.25, -0.2) is 9.78 Å². The summed E-state index contributed by atoms with van der Waals surface area (Å²) in [5.41, 5.74) is 3.02. The van der Waals surface area contributed by atoms with Crippen LogP contribution in [0.15, 0.2) is 60.2 Å². The van der Waals surface area contributed by atoms with Crippen LogP contribution in [-0.4, -0.2) is 16.0 Å². The summed E-state index contributed by atoms with van der Waals surface area (Å²) in [4.78, 5) is 20.6. The van der Waals surface area contributed by atoms with Gasteiger partial charge in [0.15, 0.2) is 0 Å². The third-order valence-electron chi connectivity index (χ3n) is 3.51. The van der Waals surface area contributed by atoms with Crippen molar-refractivity contribution in [2.45, 2.75) is 19.5 Å². The molecule has 0 aliphatic rings. The van der Waals surface area contributed by atoms with Crippen LogP contribution in [0.2, 0.25) is 0 Å². The van der Waals surface area contributed by atoms with Gasteiger partial charge in [-0.05, 0) is 24.6 Å². The van der Waals surface area contributed by atoms with E-state index in [1.54, 1.807) is 23.7 Å². The number of thiazole rings is 1. The lowest BCUT2D eigenvalue weighted by Gasteiger charge is -2.12. The second-order valence-electron chi connectivity index (χ2n) is 5.34. The fraction of sp³-hybridized carbons (Fsp3) is 0.167. The summed E-state index contributed by atoms with van der Waals surface area (Å²) >= 11 is 1.55. The molecule has 0 spiro atoms. The minimum absolute atomic E-state index is 0.148. The monoisotopic (exact) mass is 338 g/mol. The molecule has 0 bridgehead atoms. The fourth-order valence-electron chi connectivity index (χ4n) is 2.22. The number of urea groups is 1. The summed E-state index contributed by atoms with van der Waals surface area (Å²) < 4.78 is 0. The highest BCUT2D eigenvalue weighted by Gasteiger charge is 2.13. The van der Waals surface area contributed by atoms with E-state index in [2.05, 4.69) is 20.6 Å². The van der Waals surface area contributed by atoms with Crippen molar-refractivity contribution in [3.05, 3.63) is 70.8 Å². The van der Waals surface area contributed by atoms with Crippen molar-refractivity contribution in [3.63, 3.8) is 0 Å². The van der Waals surface area contributed by atoms with Crippen LogP contribution >= 0.6 is 11.3 Å². The Kier molecular flexibility index (Phi) is 5.18. The van der Waals surface area contributed by atoms with Crippen LogP contribution in [-0.2, 0) is 6.54 Å². The van der Waals surface area contributed by atoms with Crippen LogP contribution in [0.3, 0.4) is 0 Å². The molecular formula is C18H18N4OS. The standard InChI is InChI=1S/C18H18N4OS/c1-13(21-18(23)20-11-14-7-9-19-10-8-14)17-22-16(12-24-17)15-5-3-2-4-6-15/h2-10,12-13H,11H2,1H3,(H2,20,21,23)/t13-/m1/s1. The number of benzene rings is 1. The molecule has 0 unspecified atom stereocenters. The van der Waals surface area contributed by atoms with Crippen LogP contribution < -0.4 is 10.6 Å². The molecule has 6 heteroatoms. The SMILES string of the molecule is C[C@@H](NC(=O)NCc1ccncc1)c1nc(-c2ccccc2)cs1. The third kappa shape index (κ3) is 4.17. The molecule has 2 N–H and O–H groups in total. The van der Waals surface area contributed by atoms with Gasteiger partial charge in [0.05, 0.1) is 11.7 Å². The number of rotatable bonds is 5. The largest absolute Gasteiger partial charge is 0.334 e. The highest BCUT2D eigenvalue weighted by Crippen LogP contribution is 2.25. The Balaban J connectivity index is 1.56. The highest BCUT2D eigenvalue weighted by atomic mass is 32.1. The van der Waals surface area contributed by atoms with Crippen molar-refractivity contribution in [1.82, 2.24) is 20.6 Å². The Morgan fingerprint density at radius 2 is 1.92 bits per heavy atom. The van der Waals surface area contributed by atoms with Gasteiger partial charge in [-0.1, -0.05) is 30.3 Å². The quantitative estimate of drug-likeness (QED) is 0.744. The van der Waals surface area contributed by atoms with E-state index in [1.165, 1.54) is 0 Å². The second kappa shape index (κ2) is 7.70. The van der Waals surface area contributed by atoms with Crippen LogP contribution in [0.1, 0.15) is 23.5 Å². The number of aromatic nitrogens is 2. The summed E-state index contributed by atoms with van der Waals surface area (Å²) in [6, 6.07) is 13.4. The van der Waals surface area contributed by atoms with E-state index in [1.807, 2.05) is 54.8 Å². The van der Waals surface area contributed by atoms with E-state index < -0.39 is 0 Å². The molecule has 1 atom stereocenters. The Bertz CT molecular complexity index is 789. The number of nitrogens with zero attached hydrogens (tertiary/aromatic N) is 2. The maximum Gasteiger partial charge on any atom is 0.315 e. The lowest BCUT2D eigenvalue weighted by Crippen LogP contribution is -2.36. The summed E-state index contributed by atoms with van der Waals surface area (Å²) in [6.07, 6.45) is 3.41. The Morgan fingerprint density at radius 3 is 2.67 bits per heavy atom. The lowest BCUT2D eigenvalue weighted by atomic mass is 10.2. The van der Waals surface area contributed by atoms with Gasteiger partial charge in [-0.3, -0.25) is 4.98 Å². The van der Waals surface area contributed by atoms with Gasteiger partial charge in [0, 0.05) is 29.9 Å². The summed E-state index contributed by atoms with van der Waals surface area (Å²) in [6.45, 7) is 2.40. The Hall–Kier alpha value is -2.73. The first kappa shape index (κ1) is 16.1. The van der Waals surface area contributed by atoms with Gasteiger partial charge in [0.25, 0.3) is 0 Å². The van der Waals surface area contributed by atoms with E-state index in [9.17, 15) is 4.79 Å². The van der Waals surface area contributed by atoms with Crippen LogP contribution in [0.4, 0.5) is 4.79 Å². The molecule has 5 nitrogen and oxygen atoms in total. The number of hydrogen-bond acceptors (Lipinski definition) is 4. The van der Waals surface area contributed by atoms with Crippen LogP contribution in [0, 0.1) is 0 Å². The number of amides is 2. The van der Waals surface area contributed by atoms with Gasteiger partial charge in [0.2, 0.25) is 0 Å². The summed E-state index contributed by atoms with van der Waals surface area (Å²) in [5.74, 6) is 0. The number of hydrogen-bond donors (Lipinski definition) is 2. The molecule has 1 aromatic carbocycles. The van der Waals surface area contributed by atoms with E-state index >= 15 is 0 Å². The molecule has 0 saturated carbocycles. The minimum Gasteiger partial charge on any atom is -0.334 e. The van der Waals surface area contributed by atoms with Gasteiger partial charge >= 0.3 is 6.03 Å². The molecule has 0 fully saturated rings. The molecule has 0 saturated heterocycles. The minimum atomic E-state index is -0.212. The van der Waals surface area contributed by atoms with Crippen LogP contribution in [0.25, 0.3) is 11.3 Å². The van der Waals surface area contributed by atoms with Crippen molar-refractivity contribution in [3.8, 4) is 11.3 Å². The molecule has 2 aromatic heterocycles. The predicted octanol–water partition coefficient (Wildman–Crippen LogP) is 3.77. The number of carbonyl (C=O) groups excluding carboxylic acids is 1. The molecule has 0 aliphatic heterocycles. The molecule has 0 aliphatic carbocycles. The van der Waals surface area contributed by atoms with Crippen LogP contribution in [0.5, 0.6) is 0 Å². The van der Waals surface area contributed by atoms with E-state index in [0.717, 1.165) is 21.8 Å². The lowest BCUT2D eigenvalue weighted by molar-refractivity contribution is 0.237. The van der Waals surface area contributed by atoms with E-state index in [0.29, 0.717) is 6.54 Å². The highest BCUT2D eigenvalue weighted by molar-refractivity contribution is 7.10. The first-order chi connectivity index (χ1) is 11.7. The van der Waals surface area contributed by atoms with Gasteiger partial charge < -0.3 is 10.6 Å². The first-order valence-corrected chi connectivity index (χ1v) is 8.54. The summed E-state index contributed by atoms with van der Waals surface area (Å²) in [7, 11) is 0. The molecular weight excluding hydrogens is 320 g/mol. The van der Waals surface area contributed by atoms with Crippen molar-refractivity contribution >= 4 is 17.4 Å². The van der Waals surface area contributed by atoms with Gasteiger partial charge in [0.1, 0.15) is 5.01 Å². The zero-order valence-corrected chi connectivity index (χ0v) is 14.1. The molecule has 2 heterocycles. The zero-order valence-electron chi connectivity index (χ0n) is 13.3. The van der Waals surface area contributed by atoms with Crippen molar-refractivity contribution in [2.24, 2.45) is 0 Å². The smallest absolute Gasteiger partial charge is 0.315 e. The zero-order chi connectivity index (χ0) is 16.8. The van der Waals surface area contributed by atoms with Gasteiger partial charge in [-0.2, -0.15) is 0 Å². The molecule has 3 aromatic rings.